The van der Waals surface area contributed by atoms with Crippen molar-refractivity contribution >= 4 is 23.5 Å². The zero-order valence-electron chi connectivity index (χ0n) is 15.0. The molecule has 0 aromatic heterocycles. The Morgan fingerprint density at radius 3 is 2.59 bits per heavy atom. The van der Waals surface area contributed by atoms with Crippen molar-refractivity contribution < 1.29 is 14.3 Å². The normalized spacial score (nSPS) is 19.7. The minimum atomic E-state index is -0.609. The maximum absolute atomic E-state index is 12.6. The number of carbonyl (C=O) groups excluding carboxylic acids is 2. The smallest absolute Gasteiger partial charge is 0.317 e. The monoisotopic (exact) mass is 383 g/mol. The first-order chi connectivity index (χ1) is 13.1. The van der Waals surface area contributed by atoms with Gasteiger partial charge in [0, 0.05) is 5.02 Å². The van der Waals surface area contributed by atoms with Gasteiger partial charge in [0.05, 0.1) is 11.5 Å². The number of rotatable bonds is 5. The molecule has 140 valence electrons. The van der Waals surface area contributed by atoms with Crippen LogP contribution in [0, 0.1) is 0 Å². The molecular weight excluding hydrogens is 362 g/mol. The van der Waals surface area contributed by atoms with Gasteiger partial charge < -0.3 is 10.1 Å². The standard InChI is InChI=1S/C22H22ClNO3/c23-17-10-8-16(9-11-17)22(12-13-22)21(26)27-14-20(25)24-19-7-3-5-15-4-1-2-6-18(15)19/h1-2,4,6,8-11,19H,3,5,7,12-14H2,(H,24,25)/t19-/m1/s1. The fourth-order valence-electron chi connectivity index (χ4n) is 3.91. The van der Waals surface area contributed by atoms with Crippen molar-refractivity contribution in [2.24, 2.45) is 0 Å². The van der Waals surface area contributed by atoms with Gasteiger partial charge in [-0.3, -0.25) is 9.59 Å². The van der Waals surface area contributed by atoms with Gasteiger partial charge in [-0.1, -0.05) is 48.0 Å². The molecule has 1 saturated carbocycles. The van der Waals surface area contributed by atoms with Crippen molar-refractivity contribution in [3.63, 3.8) is 0 Å². The Hall–Kier alpha value is -2.33. The van der Waals surface area contributed by atoms with Crippen LogP contribution in [-0.2, 0) is 26.2 Å². The van der Waals surface area contributed by atoms with Crippen LogP contribution in [-0.4, -0.2) is 18.5 Å². The van der Waals surface area contributed by atoms with Crippen molar-refractivity contribution in [1.29, 1.82) is 0 Å². The summed E-state index contributed by atoms with van der Waals surface area (Å²) >= 11 is 5.92. The topological polar surface area (TPSA) is 55.4 Å². The highest BCUT2D eigenvalue weighted by molar-refractivity contribution is 6.30. The third-order valence-electron chi connectivity index (χ3n) is 5.58. The summed E-state index contributed by atoms with van der Waals surface area (Å²) in [7, 11) is 0. The number of carbonyl (C=O) groups is 2. The summed E-state index contributed by atoms with van der Waals surface area (Å²) in [6.45, 7) is -0.243. The second kappa shape index (κ2) is 7.35. The van der Waals surface area contributed by atoms with Gasteiger partial charge in [0.25, 0.3) is 5.91 Å². The predicted molar refractivity (Wildman–Crippen MR) is 104 cm³/mol. The van der Waals surface area contributed by atoms with E-state index in [4.69, 9.17) is 16.3 Å². The Kier molecular flexibility index (Phi) is 4.92. The molecule has 5 heteroatoms. The molecule has 0 saturated heterocycles. The average molecular weight is 384 g/mol. The zero-order chi connectivity index (χ0) is 18.9. The van der Waals surface area contributed by atoms with Gasteiger partial charge in [0.15, 0.2) is 6.61 Å². The number of aryl methyl sites for hydroxylation is 1. The quantitative estimate of drug-likeness (QED) is 0.790. The molecule has 0 spiro atoms. The molecule has 2 aromatic carbocycles. The number of ether oxygens (including phenoxy) is 1. The fourth-order valence-corrected chi connectivity index (χ4v) is 4.04. The van der Waals surface area contributed by atoms with E-state index >= 15 is 0 Å². The Bertz CT molecular complexity index is 858. The maximum Gasteiger partial charge on any atom is 0.317 e. The molecule has 2 aliphatic carbocycles. The van der Waals surface area contributed by atoms with Gasteiger partial charge in [0.1, 0.15) is 0 Å². The van der Waals surface area contributed by atoms with Crippen LogP contribution in [0.4, 0.5) is 0 Å². The number of fused-ring (bicyclic) bond motifs is 1. The fraction of sp³-hybridized carbons (Fsp3) is 0.364. The highest BCUT2D eigenvalue weighted by Gasteiger charge is 2.52. The van der Waals surface area contributed by atoms with E-state index < -0.39 is 5.41 Å². The zero-order valence-corrected chi connectivity index (χ0v) is 15.8. The van der Waals surface area contributed by atoms with Crippen LogP contribution in [0.5, 0.6) is 0 Å². The van der Waals surface area contributed by atoms with E-state index in [9.17, 15) is 9.59 Å². The molecule has 1 amide bonds. The summed E-state index contributed by atoms with van der Waals surface area (Å²) in [6, 6.07) is 15.4. The lowest BCUT2D eigenvalue weighted by Crippen LogP contribution is -2.35. The molecule has 0 heterocycles. The van der Waals surface area contributed by atoms with Crippen LogP contribution in [0.1, 0.15) is 48.4 Å². The van der Waals surface area contributed by atoms with Crippen LogP contribution in [0.25, 0.3) is 0 Å². The SMILES string of the molecule is O=C(COC(=O)C1(c2ccc(Cl)cc2)CC1)N[C@@H]1CCCc2ccccc21. The number of amides is 1. The number of halogens is 1. The van der Waals surface area contributed by atoms with Crippen molar-refractivity contribution in [3.05, 3.63) is 70.2 Å². The van der Waals surface area contributed by atoms with E-state index in [-0.39, 0.29) is 24.5 Å². The Balaban J connectivity index is 1.35. The van der Waals surface area contributed by atoms with E-state index in [2.05, 4.69) is 17.4 Å². The molecule has 0 aliphatic heterocycles. The summed E-state index contributed by atoms with van der Waals surface area (Å²) < 4.78 is 5.36. The summed E-state index contributed by atoms with van der Waals surface area (Å²) in [5.74, 6) is -0.582. The van der Waals surface area contributed by atoms with E-state index in [1.807, 2.05) is 24.3 Å². The van der Waals surface area contributed by atoms with Crippen LogP contribution >= 0.6 is 11.6 Å². The highest BCUT2D eigenvalue weighted by Crippen LogP contribution is 2.49. The van der Waals surface area contributed by atoms with E-state index in [1.54, 1.807) is 12.1 Å². The first kappa shape index (κ1) is 18.1. The molecule has 0 radical (unpaired) electrons. The highest BCUT2D eigenvalue weighted by atomic mass is 35.5. The predicted octanol–water partition coefficient (Wildman–Crippen LogP) is 4.11. The Morgan fingerprint density at radius 1 is 1.11 bits per heavy atom. The number of nitrogens with one attached hydrogen (secondary N) is 1. The van der Waals surface area contributed by atoms with Crippen LogP contribution in [0.3, 0.4) is 0 Å². The van der Waals surface area contributed by atoms with Gasteiger partial charge >= 0.3 is 5.97 Å². The first-order valence-corrected chi connectivity index (χ1v) is 9.77. The second-order valence-corrected chi connectivity index (χ2v) is 7.81. The van der Waals surface area contributed by atoms with E-state index in [1.165, 1.54) is 11.1 Å². The molecule has 1 fully saturated rings. The molecular formula is C22H22ClNO3. The molecule has 0 unspecified atom stereocenters. The van der Waals surface area contributed by atoms with E-state index in [0.29, 0.717) is 5.02 Å². The first-order valence-electron chi connectivity index (χ1n) is 9.39. The van der Waals surface area contributed by atoms with Gasteiger partial charge in [-0.2, -0.15) is 0 Å². The molecule has 2 aliphatic rings. The minimum Gasteiger partial charge on any atom is -0.455 e. The van der Waals surface area contributed by atoms with Gasteiger partial charge in [-0.05, 0) is 60.9 Å². The molecule has 27 heavy (non-hydrogen) atoms. The third-order valence-corrected chi connectivity index (χ3v) is 5.83. The lowest BCUT2D eigenvalue weighted by atomic mass is 9.88. The van der Waals surface area contributed by atoms with Gasteiger partial charge in [0.2, 0.25) is 0 Å². The summed E-state index contributed by atoms with van der Waals surface area (Å²) in [5, 5.41) is 3.65. The Morgan fingerprint density at radius 2 is 1.85 bits per heavy atom. The number of hydrogen-bond acceptors (Lipinski definition) is 3. The molecule has 0 bridgehead atoms. The lowest BCUT2D eigenvalue weighted by molar-refractivity contribution is -0.151. The number of benzene rings is 2. The lowest BCUT2D eigenvalue weighted by Gasteiger charge is -2.26. The largest absolute Gasteiger partial charge is 0.455 e. The van der Waals surface area contributed by atoms with Crippen molar-refractivity contribution in [2.75, 3.05) is 6.61 Å². The molecule has 2 aromatic rings. The van der Waals surface area contributed by atoms with Crippen molar-refractivity contribution in [1.82, 2.24) is 5.32 Å². The maximum atomic E-state index is 12.6. The third kappa shape index (κ3) is 3.72. The molecule has 1 atom stereocenters. The van der Waals surface area contributed by atoms with Gasteiger partial charge in [-0.25, -0.2) is 0 Å². The summed E-state index contributed by atoms with van der Waals surface area (Å²) in [5.41, 5.74) is 2.75. The minimum absolute atomic E-state index is 0.00713. The van der Waals surface area contributed by atoms with Crippen molar-refractivity contribution in [2.45, 2.75) is 43.6 Å². The Labute approximate surface area is 163 Å². The molecule has 4 nitrogen and oxygen atoms in total. The summed E-state index contributed by atoms with van der Waals surface area (Å²) in [6.07, 6.45) is 4.48. The van der Waals surface area contributed by atoms with Crippen molar-refractivity contribution in [3.8, 4) is 0 Å². The molecule has 1 N–H and O–H groups in total. The van der Waals surface area contributed by atoms with Crippen LogP contribution in [0.15, 0.2) is 48.5 Å². The van der Waals surface area contributed by atoms with E-state index in [0.717, 1.165) is 37.7 Å². The number of hydrogen-bond donors (Lipinski definition) is 1. The van der Waals surface area contributed by atoms with Crippen LogP contribution in [0.2, 0.25) is 5.02 Å². The average Bonchev–Trinajstić information content (AvgIpc) is 3.49. The van der Waals surface area contributed by atoms with Crippen LogP contribution < -0.4 is 5.32 Å². The van der Waals surface area contributed by atoms with Gasteiger partial charge in [-0.15, -0.1) is 0 Å². The number of esters is 1. The second-order valence-electron chi connectivity index (χ2n) is 7.38. The summed E-state index contributed by atoms with van der Waals surface area (Å²) in [4.78, 5) is 24.9. The molecule has 4 rings (SSSR count).